The molecule has 0 bridgehead atoms. The monoisotopic (exact) mass is 216 g/mol. The van der Waals surface area contributed by atoms with Crippen molar-refractivity contribution in [1.29, 1.82) is 0 Å². The van der Waals surface area contributed by atoms with Gasteiger partial charge in [-0.3, -0.25) is 0 Å². The van der Waals surface area contributed by atoms with Gasteiger partial charge in [0.2, 0.25) is 0 Å². The second-order valence-corrected chi connectivity index (χ2v) is 3.13. The molecule has 0 unspecified atom stereocenters. The predicted octanol–water partition coefficient (Wildman–Crippen LogP) is 3.60. The number of hydrogen-bond donors (Lipinski definition) is 0. The van der Waals surface area contributed by atoms with Crippen LogP contribution < -0.4 is 4.74 Å². The van der Waals surface area contributed by atoms with Crippen LogP contribution in [-0.2, 0) is 0 Å². The number of methoxy groups -OCH3 is 1. The average Bonchev–Trinajstić information content (AvgIpc) is 2.15. The smallest absolute Gasteiger partial charge is 0.127 e. The summed E-state index contributed by atoms with van der Waals surface area (Å²) < 4.78 is 5.14. The molecule has 0 aromatic heterocycles. The topological polar surface area (TPSA) is 9.23 Å². The van der Waals surface area contributed by atoms with Crippen LogP contribution in [0.25, 0.3) is 6.08 Å². The van der Waals surface area contributed by atoms with Gasteiger partial charge in [-0.1, -0.05) is 29.8 Å². The summed E-state index contributed by atoms with van der Waals surface area (Å²) >= 11 is 11.5. The van der Waals surface area contributed by atoms with Crippen molar-refractivity contribution in [3.05, 3.63) is 34.9 Å². The molecule has 0 N–H and O–H groups in total. The van der Waals surface area contributed by atoms with Crippen molar-refractivity contribution < 1.29 is 4.74 Å². The number of allylic oxidation sites excluding steroid dienone is 1. The molecule has 70 valence electrons. The molecule has 0 fully saturated rings. The van der Waals surface area contributed by atoms with E-state index in [0.29, 0.717) is 10.9 Å². The van der Waals surface area contributed by atoms with Crippen LogP contribution in [0.2, 0.25) is 5.02 Å². The Balaban J connectivity index is 3.07. The highest BCUT2D eigenvalue weighted by Crippen LogP contribution is 2.27. The Hall–Kier alpha value is -0.660. The highest BCUT2D eigenvalue weighted by molar-refractivity contribution is 6.32. The van der Waals surface area contributed by atoms with Gasteiger partial charge in [0.25, 0.3) is 0 Å². The Morgan fingerprint density at radius 2 is 2.23 bits per heavy atom. The van der Waals surface area contributed by atoms with Crippen LogP contribution in [0, 0.1) is 0 Å². The molecule has 1 aromatic carbocycles. The first-order valence-electron chi connectivity index (χ1n) is 3.84. The molecule has 0 spiro atoms. The lowest BCUT2D eigenvalue weighted by atomic mass is 10.2. The number of benzene rings is 1. The molecule has 0 aliphatic heterocycles. The molecule has 1 rings (SSSR count). The highest BCUT2D eigenvalue weighted by Gasteiger charge is 2.02. The van der Waals surface area contributed by atoms with E-state index in [2.05, 4.69) is 0 Å². The summed E-state index contributed by atoms with van der Waals surface area (Å²) in [5.74, 6) is 1.22. The van der Waals surface area contributed by atoms with Gasteiger partial charge >= 0.3 is 0 Å². The Morgan fingerprint density at radius 3 is 2.85 bits per heavy atom. The molecule has 0 saturated heterocycles. The number of rotatable bonds is 3. The molecule has 0 atom stereocenters. The van der Waals surface area contributed by atoms with Crippen LogP contribution in [-0.4, -0.2) is 13.0 Å². The molecule has 1 aromatic rings. The first-order valence-corrected chi connectivity index (χ1v) is 4.76. The van der Waals surface area contributed by atoms with Crippen molar-refractivity contribution in [3.8, 4) is 5.75 Å². The zero-order valence-corrected chi connectivity index (χ0v) is 8.77. The predicted molar refractivity (Wildman–Crippen MR) is 57.8 cm³/mol. The summed E-state index contributed by atoms with van der Waals surface area (Å²) in [6, 6.07) is 5.52. The molecule has 13 heavy (non-hydrogen) atoms. The molecule has 0 saturated carbocycles. The van der Waals surface area contributed by atoms with E-state index >= 15 is 0 Å². The van der Waals surface area contributed by atoms with Gasteiger partial charge in [0.15, 0.2) is 0 Å². The third kappa shape index (κ3) is 2.64. The maximum Gasteiger partial charge on any atom is 0.127 e. The Morgan fingerprint density at radius 1 is 1.46 bits per heavy atom. The van der Waals surface area contributed by atoms with E-state index in [-0.39, 0.29) is 0 Å². The molecular formula is C10H10Cl2O. The van der Waals surface area contributed by atoms with Gasteiger partial charge in [-0.05, 0) is 12.1 Å². The Labute approximate surface area is 87.9 Å². The first-order chi connectivity index (χ1) is 6.29. The quantitative estimate of drug-likeness (QED) is 0.703. The van der Waals surface area contributed by atoms with Crippen LogP contribution in [0.4, 0.5) is 0 Å². The van der Waals surface area contributed by atoms with Crippen molar-refractivity contribution in [2.45, 2.75) is 0 Å². The van der Waals surface area contributed by atoms with Gasteiger partial charge in [-0.25, -0.2) is 0 Å². The van der Waals surface area contributed by atoms with Crippen LogP contribution in [0.1, 0.15) is 5.56 Å². The van der Waals surface area contributed by atoms with Crippen LogP contribution in [0.5, 0.6) is 5.75 Å². The maximum atomic E-state index is 5.97. The molecule has 0 radical (unpaired) electrons. The summed E-state index contributed by atoms with van der Waals surface area (Å²) in [5.41, 5.74) is 0.868. The standard InChI is InChI=1S/C10H10Cl2O/c1-13-10-6-2-5-9(12)8(10)4-3-7-11/h2-6H,7H2,1H3. The van der Waals surface area contributed by atoms with Crippen molar-refractivity contribution >= 4 is 29.3 Å². The number of hydrogen-bond acceptors (Lipinski definition) is 1. The second kappa shape index (κ2) is 5.15. The maximum absolute atomic E-state index is 5.97. The minimum absolute atomic E-state index is 0.467. The fourth-order valence-corrected chi connectivity index (χ4v) is 1.34. The Kier molecular flexibility index (Phi) is 4.13. The lowest BCUT2D eigenvalue weighted by Crippen LogP contribution is -1.87. The van der Waals surface area contributed by atoms with E-state index in [9.17, 15) is 0 Å². The third-order valence-electron chi connectivity index (χ3n) is 1.61. The molecule has 0 aliphatic carbocycles. The Bertz CT molecular complexity index is 308. The first kappa shape index (κ1) is 10.4. The van der Waals surface area contributed by atoms with Crippen LogP contribution in [0.15, 0.2) is 24.3 Å². The molecular weight excluding hydrogens is 207 g/mol. The van der Waals surface area contributed by atoms with Crippen molar-refractivity contribution in [1.82, 2.24) is 0 Å². The van der Waals surface area contributed by atoms with E-state index in [1.54, 1.807) is 7.11 Å². The largest absolute Gasteiger partial charge is 0.496 e. The zero-order chi connectivity index (χ0) is 9.68. The zero-order valence-electron chi connectivity index (χ0n) is 7.26. The number of ether oxygens (including phenoxy) is 1. The normalized spacial score (nSPS) is 10.7. The van der Waals surface area contributed by atoms with Gasteiger partial charge in [0.05, 0.1) is 12.1 Å². The average molecular weight is 217 g/mol. The van der Waals surface area contributed by atoms with Crippen molar-refractivity contribution in [2.24, 2.45) is 0 Å². The fraction of sp³-hybridized carbons (Fsp3) is 0.200. The fourth-order valence-electron chi connectivity index (χ4n) is 1.02. The van der Waals surface area contributed by atoms with Crippen molar-refractivity contribution in [3.63, 3.8) is 0 Å². The lowest BCUT2D eigenvalue weighted by molar-refractivity contribution is 0.414. The second-order valence-electron chi connectivity index (χ2n) is 2.41. The summed E-state index contributed by atoms with van der Waals surface area (Å²) in [6.07, 6.45) is 3.68. The summed E-state index contributed by atoms with van der Waals surface area (Å²) in [6.45, 7) is 0. The van der Waals surface area contributed by atoms with E-state index in [0.717, 1.165) is 11.3 Å². The van der Waals surface area contributed by atoms with Gasteiger partial charge in [-0.15, -0.1) is 11.6 Å². The van der Waals surface area contributed by atoms with E-state index in [4.69, 9.17) is 27.9 Å². The molecule has 3 heteroatoms. The molecule has 0 heterocycles. The van der Waals surface area contributed by atoms with Gasteiger partial charge in [-0.2, -0.15) is 0 Å². The van der Waals surface area contributed by atoms with Gasteiger partial charge in [0.1, 0.15) is 5.75 Å². The van der Waals surface area contributed by atoms with Crippen LogP contribution in [0.3, 0.4) is 0 Å². The minimum Gasteiger partial charge on any atom is -0.496 e. The minimum atomic E-state index is 0.467. The highest BCUT2D eigenvalue weighted by atomic mass is 35.5. The van der Waals surface area contributed by atoms with E-state index < -0.39 is 0 Å². The summed E-state index contributed by atoms with van der Waals surface area (Å²) in [7, 11) is 1.61. The van der Waals surface area contributed by atoms with E-state index in [1.807, 2.05) is 30.4 Å². The van der Waals surface area contributed by atoms with E-state index in [1.165, 1.54) is 0 Å². The molecule has 0 aliphatic rings. The summed E-state index contributed by atoms with van der Waals surface area (Å²) in [5, 5.41) is 0.667. The number of alkyl halides is 1. The molecule has 0 amide bonds. The number of halogens is 2. The molecule has 1 nitrogen and oxygen atoms in total. The van der Waals surface area contributed by atoms with Crippen LogP contribution >= 0.6 is 23.2 Å². The van der Waals surface area contributed by atoms with Gasteiger partial charge in [0, 0.05) is 11.4 Å². The van der Waals surface area contributed by atoms with Gasteiger partial charge < -0.3 is 4.74 Å². The SMILES string of the molecule is COc1cccc(Cl)c1C=CCCl. The van der Waals surface area contributed by atoms with Crippen molar-refractivity contribution in [2.75, 3.05) is 13.0 Å². The summed E-state index contributed by atoms with van der Waals surface area (Å²) in [4.78, 5) is 0. The third-order valence-corrected chi connectivity index (χ3v) is 2.11. The lowest BCUT2D eigenvalue weighted by Gasteiger charge is -2.05.